The normalized spacial score (nSPS) is 18.8. The van der Waals surface area contributed by atoms with Crippen molar-refractivity contribution in [2.75, 3.05) is 36.6 Å². The monoisotopic (exact) mass is 289 g/mol. The van der Waals surface area contributed by atoms with Gasteiger partial charge >= 0.3 is 0 Å². The Balaban J connectivity index is 1.67. The average molecular weight is 289 g/mol. The average Bonchev–Trinajstić information content (AvgIpc) is 3.23. The summed E-state index contributed by atoms with van der Waals surface area (Å²) in [4.78, 5) is 11.4. The number of rotatable bonds is 6. The van der Waals surface area contributed by atoms with Crippen molar-refractivity contribution in [2.45, 2.75) is 32.1 Å². The molecule has 1 aliphatic heterocycles. The van der Waals surface area contributed by atoms with Gasteiger partial charge in [-0.05, 0) is 48.8 Å². The molecule has 1 fully saturated rings. The summed E-state index contributed by atoms with van der Waals surface area (Å²) in [6.45, 7) is 1.75. The predicted octanol–water partition coefficient (Wildman–Crippen LogP) is 2.38. The molecule has 1 amide bonds. The Hall–Kier alpha value is -1.75. The van der Waals surface area contributed by atoms with Gasteiger partial charge in [0.25, 0.3) is 0 Å². The lowest BCUT2D eigenvalue weighted by atomic mass is 10.00. The van der Waals surface area contributed by atoms with E-state index in [2.05, 4.69) is 16.7 Å². The number of benzene rings is 1. The molecule has 1 aromatic rings. The fourth-order valence-corrected chi connectivity index (χ4v) is 2.89. The lowest BCUT2D eigenvalue weighted by Gasteiger charge is -2.21. The summed E-state index contributed by atoms with van der Waals surface area (Å²) in [5.41, 5.74) is 10.2. The second-order valence-corrected chi connectivity index (χ2v) is 6.24. The first-order valence-corrected chi connectivity index (χ1v) is 7.57. The predicted molar refractivity (Wildman–Crippen MR) is 84.5 cm³/mol. The van der Waals surface area contributed by atoms with Crippen molar-refractivity contribution in [3.8, 4) is 0 Å². The van der Waals surface area contributed by atoms with E-state index in [0.717, 1.165) is 42.9 Å². The number of amides is 1. The number of nitrogens with one attached hydrogen (secondary N) is 2. The van der Waals surface area contributed by atoms with Gasteiger partial charge in [0.15, 0.2) is 0 Å². The molecule has 0 aromatic heterocycles. The van der Waals surface area contributed by atoms with Crippen LogP contribution in [-0.2, 0) is 16.0 Å². The second-order valence-electron chi connectivity index (χ2n) is 6.24. The molecule has 0 unspecified atom stereocenters. The Morgan fingerprint density at radius 3 is 2.90 bits per heavy atom. The number of carbonyl (C=O) groups is 1. The Labute approximate surface area is 125 Å². The lowest BCUT2D eigenvalue weighted by Crippen LogP contribution is -2.21. The molecule has 114 valence electrons. The molecule has 1 aliphatic carbocycles. The first-order chi connectivity index (χ1) is 10.1. The fraction of sp³-hybridized carbons (Fsp3) is 0.562. The van der Waals surface area contributed by atoms with E-state index in [-0.39, 0.29) is 5.91 Å². The van der Waals surface area contributed by atoms with Crippen LogP contribution in [0.4, 0.5) is 17.1 Å². The summed E-state index contributed by atoms with van der Waals surface area (Å²) in [7, 11) is 1.75. The van der Waals surface area contributed by atoms with Gasteiger partial charge in [-0.1, -0.05) is 0 Å². The van der Waals surface area contributed by atoms with E-state index >= 15 is 0 Å². The molecule has 3 rings (SSSR count). The third-order valence-electron chi connectivity index (χ3n) is 4.62. The summed E-state index contributed by atoms with van der Waals surface area (Å²) in [5, 5.41) is 6.37. The Bertz CT molecular complexity index is 553. The highest BCUT2D eigenvalue weighted by Gasteiger charge is 2.41. The fourth-order valence-electron chi connectivity index (χ4n) is 2.89. The quantitative estimate of drug-likeness (QED) is 0.703. The van der Waals surface area contributed by atoms with Crippen LogP contribution in [0.1, 0.15) is 31.2 Å². The molecule has 5 nitrogen and oxygen atoms in total. The standard InChI is InChI=1S/C16H23N3O2/c1-21-7-6-16(4-5-16)10-18-14-8-11-2-3-15(20)19-13(11)9-12(14)17/h8-9,18H,2-7,10,17H2,1H3,(H,19,20). The highest BCUT2D eigenvalue weighted by Crippen LogP contribution is 2.49. The van der Waals surface area contributed by atoms with Gasteiger partial charge in [0.1, 0.15) is 0 Å². The number of nitrogen functional groups attached to an aromatic ring is 1. The zero-order valence-electron chi connectivity index (χ0n) is 12.5. The first-order valence-electron chi connectivity index (χ1n) is 7.57. The number of anilines is 3. The summed E-state index contributed by atoms with van der Waals surface area (Å²) >= 11 is 0. The van der Waals surface area contributed by atoms with Crippen LogP contribution in [0.15, 0.2) is 12.1 Å². The van der Waals surface area contributed by atoms with Gasteiger partial charge in [-0.3, -0.25) is 4.79 Å². The van der Waals surface area contributed by atoms with Crippen LogP contribution in [0, 0.1) is 5.41 Å². The summed E-state index contributed by atoms with van der Waals surface area (Å²) < 4.78 is 5.19. The molecule has 1 saturated carbocycles. The first kappa shape index (κ1) is 14.2. The van der Waals surface area contributed by atoms with Crippen LogP contribution in [-0.4, -0.2) is 26.2 Å². The minimum Gasteiger partial charge on any atom is -0.397 e. The van der Waals surface area contributed by atoms with Crippen molar-refractivity contribution in [2.24, 2.45) is 5.41 Å². The van der Waals surface area contributed by atoms with Gasteiger partial charge in [-0.2, -0.15) is 0 Å². The van der Waals surface area contributed by atoms with Crippen molar-refractivity contribution in [1.29, 1.82) is 0 Å². The Morgan fingerprint density at radius 2 is 2.19 bits per heavy atom. The molecule has 4 N–H and O–H groups in total. The third-order valence-corrected chi connectivity index (χ3v) is 4.62. The van der Waals surface area contributed by atoms with E-state index in [4.69, 9.17) is 10.5 Å². The van der Waals surface area contributed by atoms with Gasteiger partial charge < -0.3 is 21.1 Å². The van der Waals surface area contributed by atoms with E-state index in [1.54, 1.807) is 7.11 Å². The molecule has 0 spiro atoms. The van der Waals surface area contributed by atoms with Crippen LogP contribution >= 0.6 is 0 Å². The molecule has 5 heteroatoms. The lowest BCUT2D eigenvalue weighted by molar-refractivity contribution is -0.116. The van der Waals surface area contributed by atoms with Crippen molar-refractivity contribution in [1.82, 2.24) is 0 Å². The van der Waals surface area contributed by atoms with Crippen molar-refractivity contribution in [3.05, 3.63) is 17.7 Å². The van der Waals surface area contributed by atoms with E-state index in [1.165, 1.54) is 12.8 Å². The SMILES string of the molecule is COCCC1(CNc2cc3c(cc2N)NC(=O)CC3)CC1. The summed E-state index contributed by atoms with van der Waals surface area (Å²) in [5.74, 6) is 0.0686. The molecule has 21 heavy (non-hydrogen) atoms. The van der Waals surface area contributed by atoms with Crippen LogP contribution in [0.3, 0.4) is 0 Å². The van der Waals surface area contributed by atoms with Crippen molar-refractivity contribution >= 4 is 23.0 Å². The molecule has 0 atom stereocenters. The van der Waals surface area contributed by atoms with Crippen molar-refractivity contribution < 1.29 is 9.53 Å². The smallest absolute Gasteiger partial charge is 0.224 e. The van der Waals surface area contributed by atoms with Crippen LogP contribution in [0.2, 0.25) is 0 Å². The highest BCUT2D eigenvalue weighted by molar-refractivity contribution is 5.95. The van der Waals surface area contributed by atoms with Gasteiger partial charge in [0, 0.05) is 32.4 Å². The van der Waals surface area contributed by atoms with Gasteiger partial charge in [0.2, 0.25) is 5.91 Å². The number of hydrogen-bond donors (Lipinski definition) is 3. The van der Waals surface area contributed by atoms with E-state index in [0.29, 0.717) is 17.5 Å². The molecule has 1 aromatic carbocycles. The van der Waals surface area contributed by atoms with Gasteiger partial charge in [-0.15, -0.1) is 0 Å². The zero-order valence-corrected chi connectivity index (χ0v) is 12.5. The number of hydrogen-bond acceptors (Lipinski definition) is 4. The van der Waals surface area contributed by atoms with Crippen LogP contribution in [0.5, 0.6) is 0 Å². The number of fused-ring (bicyclic) bond motifs is 1. The number of nitrogens with two attached hydrogens (primary N) is 1. The molecular weight excluding hydrogens is 266 g/mol. The maximum atomic E-state index is 11.4. The molecule has 2 aliphatic rings. The van der Waals surface area contributed by atoms with Crippen molar-refractivity contribution in [3.63, 3.8) is 0 Å². The number of aryl methyl sites for hydroxylation is 1. The topological polar surface area (TPSA) is 76.4 Å². The Morgan fingerprint density at radius 1 is 1.38 bits per heavy atom. The van der Waals surface area contributed by atoms with E-state index in [1.807, 2.05) is 6.07 Å². The number of methoxy groups -OCH3 is 1. The molecule has 0 radical (unpaired) electrons. The minimum atomic E-state index is 0.0686. The van der Waals surface area contributed by atoms with Gasteiger partial charge in [-0.25, -0.2) is 0 Å². The second kappa shape index (κ2) is 5.56. The Kier molecular flexibility index (Phi) is 3.76. The van der Waals surface area contributed by atoms with Crippen LogP contribution in [0.25, 0.3) is 0 Å². The van der Waals surface area contributed by atoms with E-state index < -0.39 is 0 Å². The molecule has 1 heterocycles. The highest BCUT2D eigenvalue weighted by atomic mass is 16.5. The third kappa shape index (κ3) is 3.13. The largest absolute Gasteiger partial charge is 0.397 e. The molecular formula is C16H23N3O2. The van der Waals surface area contributed by atoms with E-state index in [9.17, 15) is 4.79 Å². The summed E-state index contributed by atoms with van der Waals surface area (Å²) in [6.07, 6.45) is 4.94. The molecule has 0 bridgehead atoms. The number of ether oxygens (including phenoxy) is 1. The maximum Gasteiger partial charge on any atom is 0.224 e. The van der Waals surface area contributed by atoms with Gasteiger partial charge in [0.05, 0.1) is 11.4 Å². The van der Waals surface area contributed by atoms with Crippen LogP contribution < -0.4 is 16.4 Å². The zero-order chi connectivity index (χ0) is 14.9. The summed E-state index contributed by atoms with van der Waals surface area (Å²) in [6, 6.07) is 3.94. The maximum absolute atomic E-state index is 11.4. The molecule has 0 saturated heterocycles. The number of carbonyl (C=O) groups excluding carboxylic acids is 1. The minimum absolute atomic E-state index is 0.0686.